The summed E-state index contributed by atoms with van der Waals surface area (Å²) in [6.07, 6.45) is -0.486. The Balaban J connectivity index is 2.00. The third-order valence-corrected chi connectivity index (χ3v) is 5.25. The van der Waals surface area contributed by atoms with Gasteiger partial charge in [0.2, 0.25) is 10.0 Å². The van der Waals surface area contributed by atoms with Crippen LogP contribution >= 0.6 is 23.2 Å². The molecule has 0 aliphatic carbocycles. The molecule has 2 aromatic carbocycles. The van der Waals surface area contributed by atoms with Crippen molar-refractivity contribution in [2.45, 2.75) is 17.4 Å². The van der Waals surface area contributed by atoms with Gasteiger partial charge in [0.25, 0.3) is 0 Å². The number of aliphatic hydroxyl groups excluding tert-OH is 1. The van der Waals surface area contributed by atoms with Crippen molar-refractivity contribution >= 4 is 33.2 Å². The summed E-state index contributed by atoms with van der Waals surface area (Å²) in [5.41, 5.74) is 0.738. The molecular formula is C15H15Cl2NO3S. The Morgan fingerprint density at radius 2 is 1.77 bits per heavy atom. The first-order valence-corrected chi connectivity index (χ1v) is 8.82. The van der Waals surface area contributed by atoms with Gasteiger partial charge in [-0.2, -0.15) is 0 Å². The number of hydrogen-bond donors (Lipinski definition) is 2. The molecule has 2 rings (SSSR count). The molecule has 22 heavy (non-hydrogen) atoms. The van der Waals surface area contributed by atoms with Crippen LogP contribution in [-0.4, -0.2) is 20.1 Å². The van der Waals surface area contributed by atoms with Crippen LogP contribution in [0.2, 0.25) is 10.0 Å². The van der Waals surface area contributed by atoms with Crippen molar-refractivity contribution in [3.05, 3.63) is 64.1 Å². The summed E-state index contributed by atoms with van der Waals surface area (Å²) >= 11 is 11.7. The average Bonchev–Trinajstić information content (AvgIpc) is 2.50. The van der Waals surface area contributed by atoms with Crippen molar-refractivity contribution in [2.75, 3.05) is 6.54 Å². The number of aliphatic hydroxyl groups is 1. The molecule has 2 N–H and O–H groups in total. The lowest BCUT2D eigenvalue weighted by Gasteiger charge is -2.12. The summed E-state index contributed by atoms with van der Waals surface area (Å²) in [4.78, 5) is -0.0733. The van der Waals surface area contributed by atoms with Gasteiger partial charge in [0.15, 0.2) is 0 Å². The Bertz CT molecular complexity index is 736. The fourth-order valence-electron chi connectivity index (χ4n) is 1.93. The van der Waals surface area contributed by atoms with Crippen LogP contribution in [0.5, 0.6) is 0 Å². The van der Waals surface area contributed by atoms with E-state index in [0.29, 0.717) is 0 Å². The van der Waals surface area contributed by atoms with E-state index in [9.17, 15) is 13.5 Å². The zero-order chi connectivity index (χ0) is 16.2. The van der Waals surface area contributed by atoms with Crippen molar-refractivity contribution in [3.8, 4) is 0 Å². The van der Waals surface area contributed by atoms with Crippen molar-refractivity contribution < 1.29 is 13.5 Å². The minimum absolute atomic E-state index is 0.0733. The molecule has 0 aliphatic rings. The molecule has 0 amide bonds. The summed E-state index contributed by atoms with van der Waals surface area (Å²) in [5, 5.41) is 10.4. The molecule has 0 saturated carbocycles. The van der Waals surface area contributed by atoms with Crippen LogP contribution in [0.1, 0.15) is 18.1 Å². The summed E-state index contributed by atoms with van der Waals surface area (Å²) in [5.74, 6) is 0. The maximum atomic E-state index is 12.2. The van der Waals surface area contributed by atoms with E-state index in [0.717, 1.165) is 5.56 Å². The molecule has 0 bridgehead atoms. The van der Waals surface area contributed by atoms with E-state index in [2.05, 4.69) is 4.72 Å². The van der Waals surface area contributed by atoms with Gasteiger partial charge in [-0.25, -0.2) is 13.1 Å². The summed E-state index contributed by atoms with van der Waals surface area (Å²) in [6, 6.07) is 13.3. The normalized spacial score (nSPS) is 13.0. The molecule has 4 nitrogen and oxygen atoms in total. The second-order valence-electron chi connectivity index (χ2n) is 4.69. The first-order chi connectivity index (χ1) is 10.4. The molecule has 0 spiro atoms. The SMILES string of the molecule is O=S(=O)(NCC[C@@H](O)c1ccccc1)c1cc(Cl)ccc1Cl. The van der Waals surface area contributed by atoms with Gasteiger partial charge < -0.3 is 5.11 Å². The van der Waals surface area contributed by atoms with Crippen LogP contribution in [0.3, 0.4) is 0 Å². The minimum Gasteiger partial charge on any atom is -0.388 e. The summed E-state index contributed by atoms with van der Waals surface area (Å²) < 4.78 is 26.8. The lowest BCUT2D eigenvalue weighted by molar-refractivity contribution is 0.169. The number of hydrogen-bond acceptors (Lipinski definition) is 3. The highest BCUT2D eigenvalue weighted by molar-refractivity contribution is 7.89. The molecule has 0 fully saturated rings. The molecule has 0 saturated heterocycles. The van der Waals surface area contributed by atoms with Crippen LogP contribution in [0.4, 0.5) is 0 Å². The van der Waals surface area contributed by atoms with Crippen molar-refractivity contribution in [3.63, 3.8) is 0 Å². The molecule has 0 radical (unpaired) electrons. The fraction of sp³-hybridized carbons (Fsp3) is 0.200. The van der Waals surface area contributed by atoms with E-state index in [1.807, 2.05) is 18.2 Å². The van der Waals surface area contributed by atoms with E-state index >= 15 is 0 Å². The Hall–Kier alpha value is -1.11. The molecule has 1 atom stereocenters. The summed E-state index contributed by atoms with van der Waals surface area (Å²) in [7, 11) is -3.77. The third-order valence-electron chi connectivity index (χ3n) is 3.08. The highest BCUT2D eigenvalue weighted by atomic mass is 35.5. The van der Waals surface area contributed by atoms with Crippen LogP contribution < -0.4 is 4.72 Å². The Morgan fingerprint density at radius 3 is 2.45 bits per heavy atom. The van der Waals surface area contributed by atoms with Crippen molar-refractivity contribution in [1.82, 2.24) is 4.72 Å². The van der Waals surface area contributed by atoms with E-state index in [1.165, 1.54) is 18.2 Å². The standard InChI is InChI=1S/C15H15Cl2NO3S/c16-12-6-7-13(17)15(10-12)22(20,21)18-9-8-14(19)11-4-2-1-3-5-11/h1-7,10,14,18-19H,8-9H2/t14-/m1/s1. The van der Waals surface area contributed by atoms with Crippen molar-refractivity contribution in [1.29, 1.82) is 0 Å². The van der Waals surface area contributed by atoms with Crippen LogP contribution in [0, 0.1) is 0 Å². The Labute approximate surface area is 139 Å². The van der Waals surface area contributed by atoms with Gasteiger partial charge in [0.05, 0.1) is 11.1 Å². The topological polar surface area (TPSA) is 66.4 Å². The average molecular weight is 360 g/mol. The maximum absolute atomic E-state index is 12.2. The lowest BCUT2D eigenvalue weighted by atomic mass is 10.1. The molecule has 0 aromatic heterocycles. The third kappa shape index (κ3) is 4.44. The van der Waals surface area contributed by atoms with Crippen LogP contribution in [-0.2, 0) is 10.0 Å². The number of benzene rings is 2. The minimum atomic E-state index is -3.77. The van der Waals surface area contributed by atoms with E-state index in [-0.39, 0.29) is 27.9 Å². The van der Waals surface area contributed by atoms with Crippen molar-refractivity contribution in [2.24, 2.45) is 0 Å². The van der Waals surface area contributed by atoms with Crippen LogP contribution in [0.15, 0.2) is 53.4 Å². The van der Waals surface area contributed by atoms with E-state index in [1.54, 1.807) is 12.1 Å². The largest absolute Gasteiger partial charge is 0.388 e. The second kappa shape index (κ2) is 7.44. The molecular weight excluding hydrogens is 345 g/mol. The number of rotatable bonds is 6. The quantitative estimate of drug-likeness (QED) is 0.830. The summed E-state index contributed by atoms with van der Waals surface area (Å²) in [6.45, 7) is 0.0846. The first kappa shape index (κ1) is 17.2. The molecule has 0 aliphatic heterocycles. The molecule has 7 heteroatoms. The first-order valence-electron chi connectivity index (χ1n) is 6.58. The molecule has 0 heterocycles. The van der Waals surface area contributed by atoms with Gasteiger partial charge in [-0.05, 0) is 30.2 Å². The maximum Gasteiger partial charge on any atom is 0.242 e. The second-order valence-corrected chi connectivity index (χ2v) is 7.27. The number of halogens is 2. The molecule has 118 valence electrons. The highest BCUT2D eigenvalue weighted by Gasteiger charge is 2.18. The highest BCUT2D eigenvalue weighted by Crippen LogP contribution is 2.25. The Kier molecular flexibility index (Phi) is 5.83. The van der Waals surface area contributed by atoms with Crippen LogP contribution in [0.25, 0.3) is 0 Å². The van der Waals surface area contributed by atoms with Gasteiger partial charge in [0.1, 0.15) is 4.90 Å². The zero-order valence-electron chi connectivity index (χ0n) is 11.5. The molecule has 0 unspecified atom stereocenters. The predicted octanol–water partition coefficient (Wildman–Crippen LogP) is 3.40. The predicted molar refractivity (Wildman–Crippen MR) is 87.7 cm³/mol. The molecule has 2 aromatic rings. The lowest BCUT2D eigenvalue weighted by Crippen LogP contribution is -2.26. The Morgan fingerprint density at radius 1 is 1.09 bits per heavy atom. The fourth-order valence-corrected chi connectivity index (χ4v) is 3.74. The smallest absolute Gasteiger partial charge is 0.242 e. The van der Waals surface area contributed by atoms with E-state index in [4.69, 9.17) is 23.2 Å². The number of nitrogens with one attached hydrogen (secondary N) is 1. The van der Waals surface area contributed by atoms with Gasteiger partial charge in [-0.3, -0.25) is 0 Å². The zero-order valence-corrected chi connectivity index (χ0v) is 13.9. The monoisotopic (exact) mass is 359 g/mol. The van der Waals surface area contributed by atoms with Gasteiger partial charge in [0, 0.05) is 11.6 Å². The van der Waals surface area contributed by atoms with Gasteiger partial charge in [-0.1, -0.05) is 53.5 Å². The van der Waals surface area contributed by atoms with Gasteiger partial charge in [-0.15, -0.1) is 0 Å². The number of sulfonamides is 1. The van der Waals surface area contributed by atoms with Gasteiger partial charge >= 0.3 is 0 Å². The van der Waals surface area contributed by atoms with E-state index < -0.39 is 16.1 Å².